The Hall–Kier alpha value is -1.15. The number of hydrogen-bond acceptors (Lipinski definition) is 4. The number of nitrogens with two attached hydrogens (primary N) is 1. The molecule has 1 heterocycles. The Morgan fingerprint density at radius 2 is 2.15 bits per heavy atom. The number of sulfonamides is 1. The van der Waals surface area contributed by atoms with Crippen molar-refractivity contribution < 1.29 is 23.1 Å². The number of likely N-dealkylation sites (tertiary alicyclic amines) is 1. The van der Waals surface area contributed by atoms with Gasteiger partial charge in [-0.15, -0.1) is 0 Å². The summed E-state index contributed by atoms with van der Waals surface area (Å²) < 4.78 is 22.1. The second kappa shape index (κ2) is 7.03. The minimum Gasteiger partial charge on any atom is -0.480 e. The summed E-state index contributed by atoms with van der Waals surface area (Å²) in [4.78, 5) is 24.4. The molecule has 0 aliphatic carbocycles. The van der Waals surface area contributed by atoms with Gasteiger partial charge in [-0.1, -0.05) is 26.2 Å². The number of carbonyl (C=O) groups excluding carboxylic acids is 1. The predicted molar refractivity (Wildman–Crippen MR) is 73.4 cm³/mol. The molecule has 0 bridgehead atoms. The molecule has 7 nitrogen and oxygen atoms in total. The molecule has 0 aromatic carbocycles. The van der Waals surface area contributed by atoms with Gasteiger partial charge in [-0.2, -0.15) is 0 Å². The Labute approximate surface area is 119 Å². The molecule has 1 unspecified atom stereocenters. The van der Waals surface area contributed by atoms with Gasteiger partial charge in [-0.3, -0.25) is 4.79 Å². The summed E-state index contributed by atoms with van der Waals surface area (Å²) in [5, 5.41) is 14.2. The number of hydrogen-bond donors (Lipinski definition) is 2. The molecule has 0 aromatic heterocycles. The molecule has 8 heteroatoms. The largest absolute Gasteiger partial charge is 0.480 e. The van der Waals surface area contributed by atoms with Gasteiger partial charge in [0.15, 0.2) is 0 Å². The van der Waals surface area contributed by atoms with Gasteiger partial charge in [0.25, 0.3) is 0 Å². The number of carboxylic acids is 1. The van der Waals surface area contributed by atoms with Crippen LogP contribution in [0.25, 0.3) is 0 Å². The van der Waals surface area contributed by atoms with Crippen LogP contribution >= 0.6 is 0 Å². The van der Waals surface area contributed by atoms with Gasteiger partial charge in [-0.25, -0.2) is 18.4 Å². The van der Waals surface area contributed by atoms with E-state index in [0.29, 0.717) is 6.42 Å². The number of amides is 1. The standard InChI is InChI=1S/C12H22N2O5S/c1-2-3-4-5-10(12(16)17)14-7-9(6-11(14)15)8-20(13,18)19/h9-10H,2-8H2,1H3,(H,16,17)(H2,13,18,19)/t9?,10-/m0/s1. The van der Waals surface area contributed by atoms with Gasteiger partial charge in [0.05, 0.1) is 5.75 Å². The number of rotatable bonds is 8. The van der Waals surface area contributed by atoms with Crippen LogP contribution in [0.15, 0.2) is 0 Å². The monoisotopic (exact) mass is 306 g/mol. The van der Waals surface area contributed by atoms with E-state index in [0.717, 1.165) is 19.3 Å². The van der Waals surface area contributed by atoms with Crippen LogP contribution < -0.4 is 5.14 Å². The fourth-order valence-electron chi connectivity index (χ4n) is 2.55. The van der Waals surface area contributed by atoms with Crippen molar-refractivity contribution in [1.29, 1.82) is 0 Å². The highest BCUT2D eigenvalue weighted by molar-refractivity contribution is 7.89. The molecule has 1 amide bonds. The Balaban J connectivity index is 2.67. The van der Waals surface area contributed by atoms with Crippen molar-refractivity contribution in [2.45, 2.75) is 45.1 Å². The van der Waals surface area contributed by atoms with Crippen LogP contribution in [0.5, 0.6) is 0 Å². The molecule has 116 valence electrons. The molecule has 1 saturated heterocycles. The zero-order valence-corrected chi connectivity index (χ0v) is 12.4. The Kier molecular flexibility index (Phi) is 5.94. The molecular weight excluding hydrogens is 284 g/mol. The summed E-state index contributed by atoms with van der Waals surface area (Å²) in [6.07, 6.45) is 3.06. The molecule has 1 aliphatic rings. The molecule has 2 atom stereocenters. The highest BCUT2D eigenvalue weighted by Crippen LogP contribution is 2.23. The van der Waals surface area contributed by atoms with E-state index in [1.54, 1.807) is 0 Å². The van der Waals surface area contributed by atoms with E-state index in [1.165, 1.54) is 4.90 Å². The van der Waals surface area contributed by atoms with E-state index >= 15 is 0 Å². The zero-order chi connectivity index (χ0) is 15.3. The molecule has 20 heavy (non-hydrogen) atoms. The van der Waals surface area contributed by atoms with E-state index in [1.807, 2.05) is 6.92 Å². The van der Waals surface area contributed by atoms with Crippen molar-refractivity contribution in [3.63, 3.8) is 0 Å². The lowest BCUT2D eigenvalue weighted by Crippen LogP contribution is -2.42. The van der Waals surface area contributed by atoms with Gasteiger partial charge < -0.3 is 10.0 Å². The van der Waals surface area contributed by atoms with E-state index < -0.39 is 28.0 Å². The first kappa shape index (κ1) is 16.9. The highest BCUT2D eigenvalue weighted by atomic mass is 32.2. The summed E-state index contributed by atoms with van der Waals surface area (Å²) in [7, 11) is -3.65. The average molecular weight is 306 g/mol. The van der Waals surface area contributed by atoms with Crippen LogP contribution in [0.1, 0.15) is 39.0 Å². The van der Waals surface area contributed by atoms with E-state index in [4.69, 9.17) is 5.14 Å². The Morgan fingerprint density at radius 1 is 1.50 bits per heavy atom. The lowest BCUT2D eigenvalue weighted by molar-refractivity contribution is -0.148. The summed E-state index contributed by atoms with van der Waals surface area (Å²) in [6.45, 7) is 2.16. The van der Waals surface area contributed by atoms with Gasteiger partial charge in [0.2, 0.25) is 15.9 Å². The average Bonchev–Trinajstić information content (AvgIpc) is 2.62. The van der Waals surface area contributed by atoms with Crippen LogP contribution in [-0.2, 0) is 19.6 Å². The minimum absolute atomic E-state index is 0.0496. The van der Waals surface area contributed by atoms with E-state index in [2.05, 4.69) is 0 Å². The van der Waals surface area contributed by atoms with Crippen LogP contribution in [0, 0.1) is 5.92 Å². The predicted octanol–water partition coefficient (Wildman–Crippen LogP) is 0.157. The Morgan fingerprint density at radius 3 is 2.65 bits per heavy atom. The minimum atomic E-state index is -3.65. The maximum absolute atomic E-state index is 11.9. The van der Waals surface area contributed by atoms with Crippen molar-refractivity contribution in [3.8, 4) is 0 Å². The summed E-state index contributed by atoms with van der Waals surface area (Å²) in [5.41, 5.74) is 0. The Bertz CT molecular complexity index is 462. The van der Waals surface area contributed by atoms with Crippen molar-refractivity contribution in [2.75, 3.05) is 12.3 Å². The van der Waals surface area contributed by atoms with Crippen LogP contribution in [-0.4, -0.2) is 48.6 Å². The maximum Gasteiger partial charge on any atom is 0.326 e. The second-order valence-corrected chi connectivity index (χ2v) is 6.95. The van der Waals surface area contributed by atoms with E-state index in [-0.39, 0.29) is 24.6 Å². The first-order chi connectivity index (χ1) is 9.24. The fourth-order valence-corrected chi connectivity index (χ4v) is 3.43. The van der Waals surface area contributed by atoms with Crippen molar-refractivity contribution in [3.05, 3.63) is 0 Å². The normalized spacial score (nSPS) is 21.2. The topological polar surface area (TPSA) is 118 Å². The third-order valence-electron chi connectivity index (χ3n) is 3.45. The highest BCUT2D eigenvalue weighted by Gasteiger charge is 2.38. The van der Waals surface area contributed by atoms with Crippen molar-refractivity contribution in [1.82, 2.24) is 4.90 Å². The summed E-state index contributed by atoms with van der Waals surface area (Å²) in [6, 6.07) is -0.862. The molecule has 3 N–H and O–H groups in total. The molecule has 1 rings (SSSR count). The van der Waals surface area contributed by atoms with Gasteiger partial charge in [0, 0.05) is 18.9 Å². The van der Waals surface area contributed by atoms with E-state index in [9.17, 15) is 23.1 Å². The number of unbranched alkanes of at least 4 members (excludes halogenated alkanes) is 2. The quantitative estimate of drug-likeness (QED) is 0.619. The lowest BCUT2D eigenvalue weighted by atomic mass is 10.1. The number of aliphatic carboxylic acids is 1. The van der Waals surface area contributed by atoms with Crippen LogP contribution in [0.2, 0.25) is 0 Å². The first-order valence-electron chi connectivity index (χ1n) is 6.77. The first-order valence-corrected chi connectivity index (χ1v) is 8.49. The second-order valence-electron chi connectivity index (χ2n) is 5.30. The van der Waals surface area contributed by atoms with Crippen molar-refractivity contribution in [2.24, 2.45) is 11.1 Å². The molecule has 1 fully saturated rings. The molecule has 0 spiro atoms. The van der Waals surface area contributed by atoms with Gasteiger partial charge >= 0.3 is 5.97 Å². The van der Waals surface area contributed by atoms with Gasteiger partial charge in [0.1, 0.15) is 6.04 Å². The number of primary sulfonamides is 1. The lowest BCUT2D eigenvalue weighted by Gasteiger charge is -2.24. The molecule has 0 radical (unpaired) electrons. The SMILES string of the molecule is CCCCC[C@@H](C(=O)O)N1CC(CS(N)(=O)=O)CC1=O. The molecule has 1 aliphatic heterocycles. The number of carboxylic acid groups (broad SMARTS) is 1. The van der Waals surface area contributed by atoms with Crippen LogP contribution in [0.4, 0.5) is 0 Å². The maximum atomic E-state index is 11.9. The summed E-state index contributed by atoms with van der Waals surface area (Å²) in [5.74, 6) is -2.03. The zero-order valence-electron chi connectivity index (χ0n) is 11.6. The third-order valence-corrected chi connectivity index (χ3v) is 4.38. The van der Waals surface area contributed by atoms with Crippen molar-refractivity contribution >= 4 is 21.9 Å². The van der Waals surface area contributed by atoms with Gasteiger partial charge in [-0.05, 0) is 6.42 Å². The molecule has 0 saturated carbocycles. The third kappa shape index (κ3) is 5.09. The number of carbonyl (C=O) groups is 2. The fraction of sp³-hybridized carbons (Fsp3) is 0.833. The number of nitrogens with zero attached hydrogens (tertiary/aromatic N) is 1. The summed E-state index contributed by atoms with van der Waals surface area (Å²) >= 11 is 0. The molecule has 0 aromatic rings. The molecular formula is C12H22N2O5S. The smallest absolute Gasteiger partial charge is 0.326 e. The van der Waals surface area contributed by atoms with Crippen LogP contribution in [0.3, 0.4) is 0 Å².